The Bertz CT molecular complexity index is 2630. The highest BCUT2D eigenvalue weighted by Gasteiger charge is 2.45. The molecule has 0 amide bonds. The highest BCUT2D eigenvalue weighted by atomic mass is 32.1. The quantitative estimate of drug-likeness (QED) is 0.176. The van der Waals surface area contributed by atoms with Crippen LogP contribution in [-0.2, 0) is 5.41 Å². The number of thiophene rings is 1. The van der Waals surface area contributed by atoms with E-state index < -0.39 is 5.41 Å². The Kier molecular flexibility index (Phi) is 6.34. The van der Waals surface area contributed by atoms with Crippen LogP contribution in [0.25, 0.3) is 59.5 Å². The molecule has 10 rings (SSSR count). The van der Waals surface area contributed by atoms with Crippen molar-refractivity contribution in [1.29, 1.82) is 0 Å². The largest absolute Gasteiger partial charge is 0.309 e. The van der Waals surface area contributed by atoms with Gasteiger partial charge in [0.25, 0.3) is 0 Å². The summed E-state index contributed by atoms with van der Waals surface area (Å²) in [5.74, 6) is 0. The molecule has 0 saturated carbocycles. The minimum absolute atomic E-state index is 0.486. The Morgan fingerprint density at radius 2 is 0.898 bits per heavy atom. The lowest BCUT2D eigenvalue weighted by atomic mass is 9.63. The molecule has 0 fully saturated rings. The van der Waals surface area contributed by atoms with Crippen molar-refractivity contribution < 1.29 is 0 Å². The summed E-state index contributed by atoms with van der Waals surface area (Å²) in [5, 5.41) is 2.58. The average molecular weight is 642 g/mol. The van der Waals surface area contributed by atoms with E-state index in [1.165, 1.54) is 81.8 Å². The van der Waals surface area contributed by atoms with Crippen LogP contribution < -0.4 is 0 Å². The fraction of sp³-hybridized carbons (Fsp3) is 0.0213. The lowest BCUT2D eigenvalue weighted by Crippen LogP contribution is -2.35. The molecule has 9 aromatic rings. The number of fused-ring (bicyclic) bond motifs is 5. The van der Waals surface area contributed by atoms with Gasteiger partial charge in [0.1, 0.15) is 0 Å². The highest BCUT2D eigenvalue weighted by Crippen LogP contribution is 2.54. The second-order valence-electron chi connectivity index (χ2n) is 12.9. The maximum absolute atomic E-state index is 2.49. The predicted molar refractivity (Wildman–Crippen MR) is 207 cm³/mol. The molecule has 230 valence electrons. The lowest BCUT2D eigenvalue weighted by Gasteiger charge is -2.41. The fourth-order valence-electron chi connectivity index (χ4n) is 8.17. The van der Waals surface area contributed by atoms with E-state index in [0.29, 0.717) is 0 Å². The molecule has 2 heteroatoms. The van der Waals surface area contributed by atoms with Crippen molar-refractivity contribution in [3.63, 3.8) is 0 Å². The molecule has 0 N–H and O–H groups in total. The smallest absolute Gasteiger partial charge is 0.0742 e. The summed E-state index contributed by atoms with van der Waals surface area (Å²) < 4.78 is 2.49. The van der Waals surface area contributed by atoms with Gasteiger partial charge in [-0.1, -0.05) is 164 Å². The van der Waals surface area contributed by atoms with Gasteiger partial charge in [-0.15, -0.1) is 11.3 Å². The molecular formula is C47H31NS. The molecule has 7 aromatic carbocycles. The van der Waals surface area contributed by atoms with Crippen LogP contribution in [0.5, 0.6) is 0 Å². The van der Waals surface area contributed by atoms with E-state index in [4.69, 9.17) is 0 Å². The molecule has 1 atom stereocenters. The molecule has 1 nitrogen and oxygen atoms in total. The zero-order valence-corrected chi connectivity index (χ0v) is 27.6. The van der Waals surface area contributed by atoms with Gasteiger partial charge in [0.05, 0.1) is 22.1 Å². The Morgan fingerprint density at radius 3 is 1.65 bits per heavy atom. The van der Waals surface area contributed by atoms with Gasteiger partial charge >= 0.3 is 0 Å². The van der Waals surface area contributed by atoms with Crippen molar-refractivity contribution in [2.45, 2.75) is 5.41 Å². The van der Waals surface area contributed by atoms with Crippen LogP contribution >= 0.6 is 11.3 Å². The van der Waals surface area contributed by atoms with Crippen LogP contribution in [-0.4, -0.2) is 4.57 Å². The van der Waals surface area contributed by atoms with Gasteiger partial charge in [-0.05, 0) is 68.8 Å². The maximum atomic E-state index is 2.49. The van der Waals surface area contributed by atoms with Crippen molar-refractivity contribution in [3.8, 4) is 37.7 Å². The number of benzene rings is 7. The van der Waals surface area contributed by atoms with Crippen molar-refractivity contribution >= 4 is 33.1 Å². The van der Waals surface area contributed by atoms with Crippen LogP contribution in [0.4, 0.5) is 0 Å². The summed E-state index contributed by atoms with van der Waals surface area (Å²) >= 11 is 1.84. The van der Waals surface area contributed by atoms with Gasteiger partial charge in [-0.25, -0.2) is 0 Å². The van der Waals surface area contributed by atoms with Gasteiger partial charge in [0, 0.05) is 20.5 Å². The Morgan fingerprint density at radius 1 is 0.367 bits per heavy atom. The molecule has 0 radical (unpaired) electrons. The molecule has 0 aliphatic carbocycles. The van der Waals surface area contributed by atoms with Crippen LogP contribution in [0.3, 0.4) is 0 Å². The second kappa shape index (κ2) is 11.1. The summed E-state index contributed by atoms with van der Waals surface area (Å²) in [5.41, 5.74) is 13.4. The number of para-hydroxylation sites is 3. The average Bonchev–Trinajstić information content (AvgIpc) is 3.81. The van der Waals surface area contributed by atoms with Gasteiger partial charge in [-0.3, -0.25) is 0 Å². The number of hydrogen-bond donors (Lipinski definition) is 0. The molecule has 3 heterocycles. The fourth-order valence-corrected chi connectivity index (χ4v) is 9.19. The standard InChI is InChI=1S/C47H31NS/c1-3-12-34(13-4-1)44-30-31-45(49-44)35-24-22-32(23-25-35)33-26-28-37(29-27-33)47(36-14-5-2-6-15-36)40-18-8-10-21-43(40)48-42-20-9-7-16-38(42)39-17-11-19-41(47)46(39)48/h1-31H. The first-order valence-electron chi connectivity index (χ1n) is 16.9. The first-order valence-corrected chi connectivity index (χ1v) is 17.7. The van der Waals surface area contributed by atoms with E-state index in [1.54, 1.807) is 0 Å². The molecule has 0 saturated heterocycles. The maximum Gasteiger partial charge on any atom is 0.0742 e. The van der Waals surface area contributed by atoms with Crippen molar-refractivity contribution in [3.05, 3.63) is 210 Å². The van der Waals surface area contributed by atoms with E-state index in [-0.39, 0.29) is 0 Å². The summed E-state index contributed by atoms with van der Waals surface area (Å²) in [6.07, 6.45) is 0. The summed E-state index contributed by atoms with van der Waals surface area (Å²) in [6, 6.07) is 69.2. The van der Waals surface area contributed by atoms with E-state index in [9.17, 15) is 0 Å². The minimum Gasteiger partial charge on any atom is -0.309 e. The van der Waals surface area contributed by atoms with E-state index in [1.807, 2.05) is 11.3 Å². The van der Waals surface area contributed by atoms with Gasteiger partial charge in [0.15, 0.2) is 0 Å². The van der Waals surface area contributed by atoms with Crippen LogP contribution in [0, 0.1) is 0 Å². The van der Waals surface area contributed by atoms with Crippen molar-refractivity contribution in [2.75, 3.05) is 0 Å². The molecule has 1 unspecified atom stereocenters. The zero-order valence-electron chi connectivity index (χ0n) is 26.8. The van der Waals surface area contributed by atoms with Crippen molar-refractivity contribution in [1.82, 2.24) is 4.57 Å². The van der Waals surface area contributed by atoms with Crippen LogP contribution in [0.15, 0.2) is 188 Å². The zero-order chi connectivity index (χ0) is 32.4. The first-order chi connectivity index (χ1) is 24.3. The molecular weight excluding hydrogens is 611 g/mol. The van der Waals surface area contributed by atoms with E-state index in [2.05, 4.69) is 193 Å². The molecule has 0 spiro atoms. The number of rotatable bonds is 5. The Balaban J connectivity index is 1.11. The number of aromatic nitrogens is 1. The third-order valence-corrected chi connectivity index (χ3v) is 11.5. The molecule has 0 bridgehead atoms. The normalized spacial score (nSPS) is 15.0. The van der Waals surface area contributed by atoms with Gasteiger partial charge in [0.2, 0.25) is 0 Å². The van der Waals surface area contributed by atoms with Crippen molar-refractivity contribution in [2.24, 2.45) is 0 Å². The summed E-state index contributed by atoms with van der Waals surface area (Å²) in [7, 11) is 0. The van der Waals surface area contributed by atoms with Gasteiger partial charge in [-0.2, -0.15) is 0 Å². The van der Waals surface area contributed by atoms with Gasteiger partial charge < -0.3 is 4.57 Å². The molecule has 1 aliphatic heterocycles. The first kappa shape index (κ1) is 28.1. The SMILES string of the molecule is c1ccc(-c2ccc(-c3ccc(-c4ccc(C5(c6ccccc6)c6ccccc6-n6c7ccccc7c7cccc5c76)cc4)cc3)s2)cc1. The summed E-state index contributed by atoms with van der Waals surface area (Å²) in [6.45, 7) is 0. The lowest BCUT2D eigenvalue weighted by molar-refractivity contribution is 0.728. The topological polar surface area (TPSA) is 4.93 Å². The Labute approximate surface area is 290 Å². The predicted octanol–water partition coefficient (Wildman–Crippen LogP) is 12.5. The molecule has 49 heavy (non-hydrogen) atoms. The van der Waals surface area contributed by atoms with Crippen LogP contribution in [0.2, 0.25) is 0 Å². The third kappa shape index (κ3) is 4.18. The monoisotopic (exact) mass is 641 g/mol. The summed E-state index contributed by atoms with van der Waals surface area (Å²) in [4.78, 5) is 2.58. The minimum atomic E-state index is -0.486. The molecule has 2 aromatic heterocycles. The van der Waals surface area contributed by atoms with Crippen LogP contribution in [0.1, 0.15) is 22.3 Å². The third-order valence-electron chi connectivity index (χ3n) is 10.3. The Hall–Kier alpha value is -5.96. The second-order valence-corrected chi connectivity index (χ2v) is 14.0. The highest BCUT2D eigenvalue weighted by molar-refractivity contribution is 7.18. The number of hydrogen-bond acceptors (Lipinski definition) is 1. The number of nitrogens with zero attached hydrogens (tertiary/aromatic N) is 1. The van der Waals surface area contributed by atoms with E-state index >= 15 is 0 Å². The molecule has 1 aliphatic rings. The van der Waals surface area contributed by atoms with E-state index in [0.717, 1.165) is 0 Å².